The lowest BCUT2D eigenvalue weighted by Gasteiger charge is -2.32. The molecule has 3 aromatic rings. The Bertz CT molecular complexity index is 1080. The van der Waals surface area contributed by atoms with E-state index in [0.29, 0.717) is 0 Å². The van der Waals surface area contributed by atoms with Gasteiger partial charge in [0.05, 0.1) is 0 Å². The van der Waals surface area contributed by atoms with Crippen LogP contribution in [0.2, 0.25) is 0 Å². The standard InChI is InChI=1S/C24H30N6O/c1-2-17-8-5-6-9-19(17)27-24(31)18-11-14-29(15-12-18)22-21-23(26-16-25-22)30-13-7-3-4-10-20(30)28-21/h5-6,8-9,16,18H,2-4,7,10-15H2,1H3,(H,27,31). The highest BCUT2D eigenvalue weighted by Gasteiger charge is 2.28. The summed E-state index contributed by atoms with van der Waals surface area (Å²) in [6, 6.07) is 8.06. The van der Waals surface area contributed by atoms with Gasteiger partial charge in [0.15, 0.2) is 17.0 Å². The largest absolute Gasteiger partial charge is 0.355 e. The number of aryl methyl sites for hydroxylation is 3. The molecule has 4 heterocycles. The Labute approximate surface area is 182 Å². The highest BCUT2D eigenvalue weighted by molar-refractivity contribution is 5.93. The van der Waals surface area contributed by atoms with Gasteiger partial charge in [-0.15, -0.1) is 0 Å². The molecule has 1 saturated heterocycles. The number of aromatic nitrogens is 4. The zero-order valence-corrected chi connectivity index (χ0v) is 18.2. The lowest BCUT2D eigenvalue weighted by atomic mass is 9.95. The van der Waals surface area contributed by atoms with E-state index in [0.717, 1.165) is 73.8 Å². The first kappa shape index (κ1) is 20.0. The molecule has 7 heteroatoms. The number of rotatable bonds is 4. The average Bonchev–Trinajstić information content (AvgIpc) is 3.00. The molecule has 2 aromatic heterocycles. The van der Waals surface area contributed by atoms with Crippen LogP contribution in [-0.2, 0) is 24.2 Å². The Balaban J connectivity index is 1.29. The lowest BCUT2D eigenvalue weighted by Crippen LogP contribution is -2.38. The third kappa shape index (κ3) is 3.89. The van der Waals surface area contributed by atoms with Crippen LogP contribution in [0.5, 0.6) is 0 Å². The fourth-order valence-electron chi connectivity index (χ4n) is 4.90. The first-order valence-electron chi connectivity index (χ1n) is 11.6. The van der Waals surface area contributed by atoms with Crippen molar-refractivity contribution >= 4 is 28.6 Å². The Morgan fingerprint density at radius 2 is 1.94 bits per heavy atom. The number of benzene rings is 1. The van der Waals surface area contributed by atoms with Crippen molar-refractivity contribution in [2.75, 3.05) is 23.3 Å². The van der Waals surface area contributed by atoms with Gasteiger partial charge in [0.25, 0.3) is 0 Å². The molecule has 2 aliphatic rings. The molecule has 7 nitrogen and oxygen atoms in total. The van der Waals surface area contributed by atoms with Crippen molar-refractivity contribution in [2.24, 2.45) is 5.92 Å². The van der Waals surface area contributed by atoms with E-state index in [2.05, 4.69) is 37.7 Å². The van der Waals surface area contributed by atoms with Crippen molar-refractivity contribution in [3.63, 3.8) is 0 Å². The third-order valence-corrected chi connectivity index (χ3v) is 6.70. The maximum Gasteiger partial charge on any atom is 0.227 e. The number of fused-ring (bicyclic) bond motifs is 3. The van der Waals surface area contributed by atoms with E-state index in [9.17, 15) is 4.79 Å². The van der Waals surface area contributed by atoms with Crippen LogP contribution in [0.25, 0.3) is 11.2 Å². The summed E-state index contributed by atoms with van der Waals surface area (Å²) in [5.41, 5.74) is 3.99. The first-order chi connectivity index (χ1) is 15.2. The molecule has 1 aromatic carbocycles. The van der Waals surface area contributed by atoms with Gasteiger partial charge in [-0.25, -0.2) is 15.0 Å². The molecule has 0 spiro atoms. The first-order valence-corrected chi connectivity index (χ1v) is 11.6. The number of para-hydroxylation sites is 1. The Hall–Kier alpha value is -2.96. The summed E-state index contributed by atoms with van der Waals surface area (Å²) in [4.78, 5) is 29.3. The van der Waals surface area contributed by atoms with Gasteiger partial charge in [-0.1, -0.05) is 31.5 Å². The molecular formula is C24H30N6O. The molecule has 0 radical (unpaired) electrons. The number of hydrogen-bond donors (Lipinski definition) is 1. The van der Waals surface area contributed by atoms with Crippen LogP contribution < -0.4 is 10.2 Å². The van der Waals surface area contributed by atoms with Gasteiger partial charge in [0, 0.05) is 37.7 Å². The number of nitrogens with zero attached hydrogens (tertiary/aromatic N) is 5. The summed E-state index contributed by atoms with van der Waals surface area (Å²) >= 11 is 0. The van der Waals surface area contributed by atoms with Gasteiger partial charge in [-0.3, -0.25) is 4.79 Å². The number of anilines is 2. The van der Waals surface area contributed by atoms with Crippen molar-refractivity contribution in [3.05, 3.63) is 42.0 Å². The van der Waals surface area contributed by atoms with Crippen molar-refractivity contribution in [1.82, 2.24) is 19.5 Å². The number of nitrogens with one attached hydrogen (secondary N) is 1. The smallest absolute Gasteiger partial charge is 0.227 e. The molecule has 1 amide bonds. The number of carbonyl (C=O) groups is 1. The normalized spacial score (nSPS) is 17.4. The quantitative estimate of drug-likeness (QED) is 0.694. The molecule has 1 N–H and O–H groups in total. The van der Waals surface area contributed by atoms with Crippen molar-refractivity contribution < 1.29 is 4.79 Å². The predicted octanol–water partition coefficient (Wildman–Crippen LogP) is 3.97. The van der Waals surface area contributed by atoms with Crippen molar-refractivity contribution in [3.8, 4) is 0 Å². The number of imidazole rings is 1. The molecule has 0 aliphatic carbocycles. The highest BCUT2D eigenvalue weighted by atomic mass is 16.1. The number of carbonyl (C=O) groups excluding carboxylic acids is 1. The summed E-state index contributed by atoms with van der Waals surface area (Å²) in [6.45, 7) is 4.72. The second kappa shape index (κ2) is 8.65. The molecule has 31 heavy (non-hydrogen) atoms. The maximum atomic E-state index is 12.9. The van der Waals surface area contributed by atoms with Gasteiger partial charge in [-0.05, 0) is 43.7 Å². The monoisotopic (exact) mass is 418 g/mol. The van der Waals surface area contributed by atoms with Crippen LogP contribution in [0, 0.1) is 5.92 Å². The molecule has 0 bridgehead atoms. The molecule has 0 saturated carbocycles. The minimum atomic E-state index is 0.0252. The van der Waals surface area contributed by atoms with Crippen LogP contribution >= 0.6 is 0 Å². The molecule has 0 unspecified atom stereocenters. The fraction of sp³-hybridized carbons (Fsp3) is 0.500. The van der Waals surface area contributed by atoms with E-state index >= 15 is 0 Å². The molecular weight excluding hydrogens is 388 g/mol. The van der Waals surface area contributed by atoms with Crippen LogP contribution in [0.4, 0.5) is 11.5 Å². The van der Waals surface area contributed by atoms with E-state index in [4.69, 9.17) is 4.98 Å². The summed E-state index contributed by atoms with van der Waals surface area (Å²) in [5, 5.41) is 3.16. The van der Waals surface area contributed by atoms with Gasteiger partial charge >= 0.3 is 0 Å². The van der Waals surface area contributed by atoms with E-state index < -0.39 is 0 Å². The van der Waals surface area contributed by atoms with Gasteiger partial charge in [0.1, 0.15) is 12.2 Å². The lowest BCUT2D eigenvalue weighted by molar-refractivity contribution is -0.120. The van der Waals surface area contributed by atoms with E-state index in [1.807, 2.05) is 18.2 Å². The van der Waals surface area contributed by atoms with E-state index in [-0.39, 0.29) is 11.8 Å². The van der Waals surface area contributed by atoms with Crippen LogP contribution in [-0.4, -0.2) is 38.5 Å². The maximum absolute atomic E-state index is 12.9. The van der Waals surface area contributed by atoms with E-state index in [1.54, 1.807) is 6.33 Å². The minimum Gasteiger partial charge on any atom is -0.355 e. The zero-order valence-electron chi connectivity index (χ0n) is 18.2. The van der Waals surface area contributed by atoms with Gasteiger partial charge in [-0.2, -0.15) is 0 Å². The molecule has 5 rings (SSSR count). The van der Waals surface area contributed by atoms with Crippen LogP contribution in [0.3, 0.4) is 0 Å². The average molecular weight is 419 g/mol. The van der Waals surface area contributed by atoms with Crippen LogP contribution in [0.1, 0.15) is 50.4 Å². The number of hydrogen-bond acceptors (Lipinski definition) is 5. The molecule has 1 fully saturated rings. The SMILES string of the molecule is CCc1ccccc1NC(=O)C1CCN(c2ncnc3c2nc2n3CCCCC2)CC1. The number of amides is 1. The summed E-state index contributed by atoms with van der Waals surface area (Å²) < 4.78 is 2.28. The van der Waals surface area contributed by atoms with Gasteiger partial charge < -0.3 is 14.8 Å². The fourth-order valence-corrected chi connectivity index (χ4v) is 4.90. The van der Waals surface area contributed by atoms with Crippen molar-refractivity contribution in [2.45, 2.75) is 58.4 Å². The van der Waals surface area contributed by atoms with Crippen LogP contribution in [0.15, 0.2) is 30.6 Å². The van der Waals surface area contributed by atoms with E-state index in [1.165, 1.54) is 24.8 Å². The third-order valence-electron chi connectivity index (χ3n) is 6.70. The predicted molar refractivity (Wildman–Crippen MR) is 122 cm³/mol. The van der Waals surface area contributed by atoms with Crippen molar-refractivity contribution in [1.29, 1.82) is 0 Å². The Morgan fingerprint density at radius 1 is 1.10 bits per heavy atom. The highest BCUT2D eigenvalue weighted by Crippen LogP contribution is 2.30. The zero-order chi connectivity index (χ0) is 21.2. The second-order valence-corrected chi connectivity index (χ2v) is 8.62. The van der Waals surface area contributed by atoms with Gasteiger partial charge in [0.2, 0.25) is 5.91 Å². The summed E-state index contributed by atoms with van der Waals surface area (Å²) in [7, 11) is 0. The topological polar surface area (TPSA) is 75.9 Å². The Morgan fingerprint density at radius 3 is 2.77 bits per heavy atom. The number of piperidine rings is 1. The second-order valence-electron chi connectivity index (χ2n) is 8.62. The molecule has 162 valence electrons. The molecule has 0 atom stereocenters. The Kier molecular flexibility index (Phi) is 5.57. The summed E-state index contributed by atoms with van der Waals surface area (Å²) in [6.07, 6.45) is 8.84. The molecule has 2 aliphatic heterocycles. The minimum absolute atomic E-state index is 0.0252. The summed E-state index contributed by atoms with van der Waals surface area (Å²) in [5.74, 6) is 2.21.